The molecule has 2 saturated heterocycles. The van der Waals surface area contributed by atoms with Crippen LogP contribution in [0.15, 0.2) is 36.7 Å². The first-order valence-corrected chi connectivity index (χ1v) is 11.0. The number of pyridine rings is 2. The van der Waals surface area contributed by atoms with E-state index in [0.29, 0.717) is 36.8 Å². The molecule has 3 aliphatic rings. The predicted octanol–water partition coefficient (Wildman–Crippen LogP) is 0.836. The lowest BCUT2D eigenvalue weighted by Gasteiger charge is -2.23. The number of aliphatic hydroxyl groups excluding tert-OH is 1. The van der Waals surface area contributed by atoms with E-state index >= 15 is 0 Å². The Morgan fingerprint density at radius 1 is 1.18 bits per heavy atom. The zero-order chi connectivity index (χ0) is 23.2. The minimum Gasteiger partial charge on any atom is -0.391 e. The number of nitrogens with one attached hydrogen (secondary N) is 1. The SMILES string of the molecule is N#C[C@@]1(O)CCN(c2ccnc(Nc3ccc(C4(C(=O)N5CC[C@H](O)C5)CC4)cn3)c2)C1=O. The fourth-order valence-electron chi connectivity index (χ4n) is 4.57. The number of anilines is 3. The van der Waals surface area contributed by atoms with Gasteiger partial charge in [0.25, 0.3) is 5.91 Å². The zero-order valence-corrected chi connectivity index (χ0v) is 17.9. The lowest BCUT2D eigenvalue weighted by Crippen LogP contribution is -2.38. The van der Waals surface area contributed by atoms with Crippen molar-refractivity contribution in [2.75, 3.05) is 29.9 Å². The van der Waals surface area contributed by atoms with Gasteiger partial charge in [0.2, 0.25) is 11.5 Å². The van der Waals surface area contributed by atoms with E-state index in [2.05, 4.69) is 15.3 Å². The summed E-state index contributed by atoms with van der Waals surface area (Å²) in [6.45, 7) is 1.21. The van der Waals surface area contributed by atoms with Gasteiger partial charge in [0, 0.05) is 50.2 Å². The van der Waals surface area contributed by atoms with Gasteiger partial charge >= 0.3 is 0 Å². The Bertz CT molecular complexity index is 1140. The molecule has 3 fully saturated rings. The first kappa shape index (κ1) is 21.3. The number of nitrogens with zero attached hydrogens (tertiary/aromatic N) is 5. The molecule has 2 aromatic heterocycles. The number of amides is 2. The van der Waals surface area contributed by atoms with Crippen LogP contribution in [0.4, 0.5) is 17.3 Å². The fraction of sp³-hybridized carbons (Fsp3) is 0.435. The van der Waals surface area contributed by atoms with Crippen LogP contribution in [0.1, 0.15) is 31.2 Å². The van der Waals surface area contributed by atoms with E-state index in [4.69, 9.17) is 5.26 Å². The van der Waals surface area contributed by atoms with Crippen LogP contribution in [0, 0.1) is 11.3 Å². The summed E-state index contributed by atoms with van der Waals surface area (Å²) in [6.07, 6.45) is 5.00. The van der Waals surface area contributed by atoms with Gasteiger partial charge in [-0.3, -0.25) is 9.59 Å². The summed E-state index contributed by atoms with van der Waals surface area (Å²) in [5.41, 5.74) is -1.14. The number of aliphatic hydroxyl groups is 2. The highest BCUT2D eigenvalue weighted by Gasteiger charge is 2.54. The van der Waals surface area contributed by atoms with Crippen molar-refractivity contribution >= 4 is 29.1 Å². The number of nitriles is 1. The molecule has 0 aromatic carbocycles. The molecule has 5 rings (SSSR count). The minimum atomic E-state index is -1.99. The van der Waals surface area contributed by atoms with Crippen LogP contribution in [0.25, 0.3) is 0 Å². The van der Waals surface area contributed by atoms with Gasteiger partial charge in [0.05, 0.1) is 11.5 Å². The second kappa shape index (κ2) is 7.79. The topological polar surface area (TPSA) is 143 Å². The molecule has 1 saturated carbocycles. The molecule has 10 heteroatoms. The quantitative estimate of drug-likeness (QED) is 0.571. The van der Waals surface area contributed by atoms with Gasteiger partial charge in [-0.25, -0.2) is 9.97 Å². The van der Waals surface area contributed by atoms with Gasteiger partial charge in [0.1, 0.15) is 17.7 Å². The van der Waals surface area contributed by atoms with E-state index in [9.17, 15) is 19.8 Å². The Balaban J connectivity index is 1.29. The summed E-state index contributed by atoms with van der Waals surface area (Å²) < 4.78 is 0. The molecule has 170 valence electrons. The van der Waals surface area contributed by atoms with Gasteiger partial charge in [0.15, 0.2) is 0 Å². The van der Waals surface area contributed by atoms with E-state index in [1.165, 1.54) is 11.1 Å². The Morgan fingerprint density at radius 3 is 2.61 bits per heavy atom. The predicted molar refractivity (Wildman–Crippen MR) is 117 cm³/mol. The number of hydrogen-bond acceptors (Lipinski definition) is 8. The summed E-state index contributed by atoms with van der Waals surface area (Å²) in [7, 11) is 0. The number of hydrogen-bond donors (Lipinski definition) is 3. The second-order valence-corrected chi connectivity index (χ2v) is 8.91. The van der Waals surface area contributed by atoms with Crippen LogP contribution in [-0.2, 0) is 15.0 Å². The lowest BCUT2D eigenvalue weighted by molar-refractivity contribution is -0.133. The van der Waals surface area contributed by atoms with Crippen molar-refractivity contribution in [1.29, 1.82) is 5.26 Å². The molecule has 0 unspecified atom stereocenters. The highest BCUT2D eigenvalue weighted by atomic mass is 16.3. The third-order valence-electron chi connectivity index (χ3n) is 6.72. The molecule has 0 bridgehead atoms. The number of carbonyl (C=O) groups is 2. The molecular weight excluding hydrogens is 424 g/mol. The van der Waals surface area contributed by atoms with Crippen LogP contribution >= 0.6 is 0 Å². The van der Waals surface area contributed by atoms with E-state index < -0.39 is 23.0 Å². The fourth-order valence-corrected chi connectivity index (χ4v) is 4.57. The molecule has 33 heavy (non-hydrogen) atoms. The van der Waals surface area contributed by atoms with Crippen molar-refractivity contribution < 1.29 is 19.8 Å². The van der Waals surface area contributed by atoms with Crippen LogP contribution in [0.3, 0.4) is 0 Å². The van der Waals surface area contributed by atoms with Crippen LogP contribution < -0.4 is 10.2 Å². The van der Waals surface area contributed by atoms with E-state index in [0.717, 1.165) is 18.4 Å². The van der Waals surface area contributed by atoms with E-state index in [1.54, 1.807) is 35.4 Å². The van der Waals surface area contributed by atoms with Gasteiger partial charge in [-0.2, -0.15) is 5.26 Å². The largest absolute Gasteiger partial charge is 0.391 e. The van der Waals surface area contributed by atoms with Crippen LogP contribution in [0.2, 0.25) is 0 Å². The second-order valence-electron chi connectivity index (χ2n) is 8.91. The van der Waals surface area contributed by atoms with Gasteiger partial charge in [-0.1, -0.05) is 6.07 Å². The third-order valence-corrected chi connectivity index (χ3v) is 6.72. The maximum Gasteiger partial charge on any atom is 0.273 e. The summed E-state index contributed by atoms with van der Waals surface area (Å²) in [5, 5.41) is 32.0. The average Bonchev–Trinajstić information content (AvgIpc) is 3.43. The molecule has 2 amide bonds. The monoisotopic (exact) mass is 448 g/mol. The van der Waals surface area contributed by atoms with Crippen molar-refractivity contribution in [3.63, 3.8) is 0 Å². The normalized spacial score (nSPS) is 25.7. The highest BCUT2D eigenvalue weighted by Crippen LogP contribution is 2.50. The molecule has 2 atom stereocenters. The van der Waals surface area contributed by atoms with Crippen molar-refractivity contribution in [2.24, 2.45) is 0 Å². The van der Waals surface area contributed by atoms with Crippen molar-refractivity contribution in [3.05, 3.63) is 42.2 Å². The van der Waals surface area contributed by atoms with Gasteiger partial charge in [-0.05, 0) is 37.0 Å². The molecular formula is C23H24N6O4. The number of carbonyl (C=O) groups excluding carboxylic acids is 2. The Hall–Kier alpha value is -3.55. The summed E-state index contributed by atoms with van der Waals surface area (Å²) in [5.74, 6) is 0.402. The zero-order valence-electron chi connectivity index (χ0n) is 17.9. The van der Waals surface area contributed by atoms with Crippen LogP contribution in [-0.4, -0.2) is 68.2 Å². The van der Waals surface area contributed by atoms with Crippen molar-refractivity contribution in [2.45, 2.75) is 42.8 Å². The molecule has 0 radical (unpaired) electrons. The standard InChI is InChI=1S/C23H24N6O4/c24-14-23(33)7-10-29(21(23)32)16-3-8-25-19(11-16)27-18-2-1-15(12-26-18)22(5-6-22)20(31)28-9-4-17(30)13-28/h1-3,8,11-12,17,30,33H,4-7,9-10,13H2,(H,25,26,27)/t17-,23-/m0/s1. The Labute approximate surface area is 190 Å². The maximum absolute atomic E-state index is 13.0. The Morgan fingerprint density at radius 2 is 2.00 bits per heavy atom. The summed E-state index contributed by atoms with van der Waals surface area (Å²) >= 11 is 0. The number of rotatable bonds is 5. The van der Waals surface area contributed by atoms with Crippen LogP contribution in [0.5, 0.6) is 0 Å². The smallest absolute Gasteiger partial charge is 0.273 e. The number of aromatic nitrogens is 2. The molecule has 4 heterocycles. The van der Waals surface area contributed by atoms with Gasteiger partial charge < -0.3 is 25.3 Å². The number of likely N-dealkylation sites (tertiary alicyclic amines) is 1. The summed E-state index contributed by atoms with van der Waals surface area (Å²) in [4.78, 5) is 37.2. The highest BCUT2D eigenvalue weighted by molar-refractivity contribution is 6.03. The average molecular weight is 448 g/mol. The van der Waals surface area contributed by atoms with E-state index in [-0.39, 0.29) is 18.9 Å². The maximum atomic E-state index is 13.0. The number of β-amino-alcohol motifs (C(OH)–C–C–N with tert-alkyl or cyclic N) is 1. The minimum absolute atomic E-state index is 0.0489. The van der Waals surface area contributed by atoms with Gasteiger partial charge in [-0.15, -0.1) is 0 Å². The third kappa shape index (κ3) is 3.69. The first-order valence-electron chi connectivity index (χ1n) is 11.0. The van der Waals surface area contributed by atoms with E-state index in [1.807, 2.05) is 6.07 Å². The molecule has 10 nitrogen and oxygen atoms in total. The molecule has 2 aromatic rings. The first-order chi connectivity index (χ1) is 15.8. The summed E-state index contributed by atoms with van der Waals surface area (Å²) in [6, 6.07) is 8.64. The van der Waals surface area contributed by atoms with Crippen molar-refractivity contribution in [3.8, 4) is 6.07 Å². The van der Waals surface area contributed by atoms with Crippen molar-refractivity contribution in [1.82, 2.24) is 14.9 Å². The molecule has 0 spiro atoms. The molecule has 1 aliphatic carbocycles. The lowest BCUT2D eigenvalue weighted by atomic mass is 9.96. The Kier molecular flexibility index (Phi) is 5.03. The molecule has 3 N–H and O–H groups in total. The molecule has 2 aliphatic heterocycles.